The van der Waals surface area contributed by atoms with Crippen molar-refractivity contribution in [3.8, 4) is 0 Å². The van der Waals surface area contributed by atoms with E-state index in [2.05, 4.69) is 5.43 Å². The zero-order chi connectivity index (χ0) is 30.3. The molecule has 0 spiro atoms. The maximum Gasteiger partial charge on any atom is 0.410 e. The van der Waals surface area contributed by atoms with Crippen molar-refractivity contribution < 1.29 is 27.5 Å². The molecule has 0 aliphatic carbocycles. The molecule has 1 N–H and O–H groups in total. The first-order chi connectivity index (χ1) is 20.0. The minimum atomic E-state index is -3.77. The van der Waals surface area contributed by atoms with Crippen LogP contribution in [-0.4, -0.2) is 61.5 Å². The van der Waals surface area contributed by atoms with Crippen LogP contribution in [0.3, 0.4) is 0 Å². The summed E-state index contributed by atoms with van der Waals surface area (Å²) in [7, 11) is -3.77. The molecule has 4 rings (SSSR count). The standard InChI is InChI=1S/C32H39N3O6S/c1-23(2)15-18-30(37)35(33-31(42(3,39)40)27-17-16-25-12-7-8-13-26(25)20-27)28-14-9-19-34(21-29(28)36)32(38)41-22-24-10-5-4-6-11-24/h4-8,10-13,16-17,20,23,28,31,33H,9,14-15,18-19,21-22H2,1-3H3/t28?,31-/m0/s1. The number of Topliss-reactive ketones (excluding diaryl/α,β-unsaturated/α-hetero) is 1. The Morgan fingerprint density at radius 3 is 2.40 bits per heavy atom. The molecule has 0 aromatic heterocycles. The number of hydrogen-bond acceptors (Lipinski definition) is 7. The van der Waals surface area contributed by atoms with Gasteiger partial charge in [-0.1, -0.05) is 80.6 Å². The minimum absolute atomic E-state index is 0.0803. The summed E-state index contributed by atoms with van der Waals surface area (Å²) in [5.41, 5.74) is 4.25. The molecular weight excluding hydrogens is 554 g/mol. The van der Waals surface area contributed by atoms with E-state index in [4.69, 9.17) is 4.74 Å². The van der Waals surface area contributed by atoms with E-state index in [-0.39, 0.29) is 50.1 Å². The molecule has 0 bridgehead atoms. The summed E-state index contributed by atoms with van der Waals surface area (Å²) in [4.78, 5) is 41.4. The van der Waals surface area contributed by atoms with Gasteiger partial charge in [0, 0.05) is 19.2 Å². The third-order valence-electron chi connectivity index (χ3n) is 7.36. The maximum absolute atomic E-state index is 13.6. The van der Waals surface area contributed by atoms with Crippen molar-refractivity contribution in [3.63, 3.8) is 0 Å². The van der Waals surface area contributed by atoms with Gasteiger partial charge in [-0.2, -0.15) is 0 Å². The van der Waals surface area contributed by atoms with Crippen molar-refractivity contribution in [1.82, 2.24) is 15.3 Å². The number of rotatable bonds is 10. The van der Waals surface area contributed by atoms with Crippen LogP contribution < -0.4 is 5.43 Å². The normalized spacial score (nSPS) is 16.7. The number of nitrogens with one attached hydrogen (secondary N) is 1. The Labute approximate surface area is 247 Å². The maximum atomic E-state index is 13.6. The van der Waals surface area contributed by atoms with Gasteiger partial charge in [0.05, 0.1) is 6.54 Å². The summed E-state index contributed by atoms with van der Waals surface area (Å²) in [6, 6.07) is 21.3. The molecule has 1 heterocycles. The van der Waals surface area contributed by atoms with Gasteiger partial charge in [0.1, 0.15) is 12.6 Å². The van der Waals surface area contributed by atoms with Crippen molar-refractivity contribution in [1.29, 1.82) is 0 Å². The van der Waals surface area contributed by atoms with Crippen molar-refractivity contribution in [2.75, 3.05) is 19.3 Å². The first-order valence-corrected chi connectivity index (χ1v) is 16.2. The Morgan fingerprint density at radius 1 is 1.02 bits per heavy atom. The number of ketones is 1. The highest BCUT2D eigenvalue weighted by atomic mass is 32.2. The number of amides is 2. The third kappa shape index (κ3) is 8.17. The fraction of sp³-hybridized carbons (Fsp3) is 0.406. The number of nitrogens with zero attached hydrogens (tertiary/aromatic N) is 2. The van der Waals surface area contributed by atoms with Crippen molar-refractivity contribution in [3.05, 3.63) is 83.9 Å². The predicted octanol–water partition coefficient (Wildman–Crippen LogP) is 5.02. The first kappa shape index (κ1) is 31.2. The topological polar surface area (TPSA) is 113 Å². The van der Waals surface area contributed by atoms with Crippen LogP contribution in [0.4, 0.5) is 4.79 Å². The number of fused-ring (bicyclic) bond motifs is 1. The Kier molecular flexibility index (Phi) is 10.3. The molecule has 1 unspecified atom stereocenters. The molecule has 1 fully saturated rings. The number of likely N-dealkylation sites (tertiary alicyclic amines) is 1. The van der Waals surface area contributed by atoms with E-state index in [9.17, 15) is 22.8 Å². The average molecular weight is 594 g/mol. The number of benzene rings is 3. The lowest BCUT2D eigenvalue weighted by Gasteiger charge is -2.34. The van der Waals surface area contributed by atoms with Gasteiger partial charge in [0.15, 0.2) is 21.0 Å². The van der Waals surface area contributed by atoms with E-state index in [0.717, 1.165) is 22.6 Å². The minimum Gasteiger partial charge on any atom is -0.445 e. The van der Waals surface area contributed by atoms with Gasteiger partial charge >= 0.3 is 6.09 Å². The third-order valence-corrected chi connectivity index (χ3v) is 8.60. The lowest BCUT2D eigenvalue weighted by Crippen LogP contribution is -2.55. The lowest BCUT2D eigenvalue weighted by molar-refractivity contribution is -0.144. The molecule has 10 heteroatoms. The highest BCUT2D eigenvalue weighted by Gasteiger charge is 2.37. The van der Waals surface area contributed by atoms with Crippen LogP contribution in [0.2, 0.25) is 0 Å². The van der Waals surface area contributed by atoms with Gasteiger partial charge in [-0.15, -0.1) is 0 Å². The largest absolute Gasteiger partial charge is 0.445 e. The number of carbonyl (C=O) groups is 3. The van der Waals surface area contributed by atoms with Crippen molar-refractivity contribution in [2.45, 2.75) is 57.6 Å². The molecule has 0 saturated carbocycles. The molecular formula is C32H39N3O6S. The monoisotopic (exact) mass is 593 g/mol. The summed E-state index contributed by atoms with van der Waals surface area (Å²) in [6.07, 6.45) is 1.93. The number of carbonyl (C=O) groups excluding carboxylic acids is 3. The van der Waals surface area contributed by atoms with Gasteiger partial charge in [0.2, 0.25) is 5.91 Å². The predicted molar refractivity (Wildman–Crippen MR) is 162 cm³/mol. The summed E-state index contributed by atoms with van der Waals surface area (Å²) in [5.74, 6) is -0.487. The van der Waals surface area contributed by atoms with Crippen molar-refractivity contribution >= 4 is 38.4 Å². The Morgan fingerprint density at radius 2 is 1.71 bits per heavy atom. The van der Waals surface area contributed by atoms with Gasteiger partial charge in [-0.25, -0.2) is 18.6 Å². The molecule has 224 valence electrons. The second kappa shape index (κ2) is 13.9. The smallest absolute Gasteiger partial charge is 0.410 e. The molecule has 1 aliphatic heterocycles. The zero-order valence-electron chi connectivity index (χ0n) is 24.4. The lowest BCUT2D eigenvalue weighted by atomic mass is 10.0. The molecule has 1 saturated heterocycles. The average Bonchev–Trinajstić information content (AvgIpc) is 3.16. The molecule has 3 aromatic rings. The summed E-state index contributed by atoms with van der Waals surface area (Å²) < 4.78 is 31.6. The van der Waals surface area contributed by atoms with Gasteiger partial charge in [-0.05, 0) is 53.1 Å². The Hall–Kier alpha value is -3.76. The summed E-state index contributed by atoms with van der Waals surface area (Å²) in [5, 5.41) is 1.77. The zero-order valence-corrected chi connectivity index (χ0v) is 25.2. The molecule has 1 aliphatic rings. The molecule has 0 radical (unpaired) electrons. The Bertz CT molecular complexity index is 1510. The fourth-order valence-corrected chi connectivity index (χ4v) is 5.98. The van der Waals surface area contributed by atoms with Crippen LogP contribution in [0.5, 0.6) is 0 Å². The first-order valence-electron chi connectivity index (χ1n) is 14.3. The number of sulfone groups is 1. The van der Waals surface area contributed by atoms with E-state index < -0.39 is 27.3 Å². The number of hydrogen-bond donors (Lipinski definition) is 1. The summed E-state index contributed by atoms with van der Waals surface area (Å²) >= 11 is 0. The fourth-order valence-electron chi connectivity index (χ4n) is 5.03. The van der Waals surface area contributed by atoms with Gasteiger partial charge < -0.3 is 9.64 Å². The van der Waals surface area contributed by atoms with E-state index in [1.165, 1.54) is 9.91 Å². The second-order valence-electron chi connectivity index (χ2n) is 11.2. The van der Waals surface area contributed by atoms with Crippen LogP contribution >= 0.6 is 0 Å². The van der Waals surface area contributed by atoms with E-state index >= 15 is 0 Å². The SMILES string of the molecule is CC(C)CCC(=O)N(N[C@H](c1ccc2ccccc2c1)S(C)(=O)=O)C1CCCN(C(=O)OCc2ccccc2)CC1=O. The van der Waals surface area contributed by atoms with Crippen LogP contribution in [-0.2, 0) is 30.8 Å². The van der Waals surface area contributed by atoms with Crippen LogP contribution in [0, 0.1) is 5.92 Å². The van der Waals surface area contributed by atoms with Crippen LogP contribution in [0.15, 0.2) is 72.8 Å². The van der Waals surface area contributed by atoms with Crippen molar-refractivity contribution in [2.24, 2.45) is 5.92 Å². The van der Waals surface area contributed by atoms with Gasteiger partial charge in [0.25, 0.3) is 0 Å². The highest BCUT2D eigenvalue weighted by molar-refractivity contribution is 7.90. The molecule has 2 atom stereocenters. The summed E-state index contributed by atoms with van der Waals surface area (Å²) in [6.45, 7) is 4.11. The molecule has 42 heavy (non-hydrogen) atoms. The van der Waals surface area contributed by atoms with Crippen LogP contribution in [0.1, 0.15) is 56.0 Å². The number of ether oxygens (including phenoxy) is 1. The number of hydrazine groups is 1. The quantitative estimate of drug-likeness (QED) is 0.328. The Balaban J connectivity index is 1.57. The second-order valence-corrected chi connectivity index (χ2v) is 13.4. The van der Waals surface area contributed by atoms with Crippen LogP contribution in [0.25, 0.3) is 10.8 Å². The van der Waals surface area contributed by atoms with E-state index in [0.29, 0.717) is 18.4 Å². The molecule has 9 nitrogen and oxygen atoms in total. The van der Waals surface area contributed by atoms with Gasteiger partial charge in [-0.3, -0.25) is 14.6 Å². The van der Waals surface area contributed by atoms with E-state index in [1.54, 1.807) is 12.1 Å². The van der Waals surface area contributed by atoms with E-state index in [1.807, 2.05) is 74.5 Å². The molecule has 2 amide bonds. The molecule has 3 aromatic carbocycles. The highest BCUT2D eigenvalue weighted by Crippen LogP contribution is 2.26.